The van der Waals surface area contributed by atoms with Crippen molar-refractivity contribution in [1.82, 2.24) is 0 Å². The lowest BCUT2D eigenvalue weighted by atomic mass is 10.1. The predicted octanol–water partition coefficient (Wildman–Crippen LogP) is 2.35. The van der Waals surface area contributed by atoms with E-state index in [0.29, 0.717) is 0 Å². The molecule has 0 saturated heterocycles. The Balaban J connectivity index is 2.94. The number of aliphatic hydroxyl groups is 1. The van der Waals surface area contributed by atoms with Gasteiger partial charge in [0.2, 0.25) is 0 Å². The molecule has 7 heteroatoms. The number of halogens is 4. The average molecular weight is 269 g/mol. The molecular weight excluding hydrogens is 261 g/mol. The molecule has 0 spiro atoms. The van der Waals surface area contributed by atoms with E-state index in [4.69, 9.17) is 21.8 Å². The van der Waals surface area contributed by atoms with E-state index in [9.17, 15) is 18.0 Å². The Bertz CT molecular complexity index is 431. The van der Waals surface area contributed by atoms with Crippen LogP contribution in [0.25, 0.3) is 0 Å². The summed E-state index contributed by atoms with van der Waals surface area (Å²) in [6.45, 7) is 0. The molecule has 0 radical (unpaired) electrons. The molecule has 0 aromatic heterocycles. The van der Waals surface area contributed by atoms with Gasteiger partial charge in [-0.1, -0.05) is 17.7 Å². The minimum absolute atomic E-state index is 0.220. The monoisotopic (exact) mass is 268 g/mol. The maximum Gasteiger partial charge on any atom is 0.417 e. The molecule has 0 amide bonds. The second-order valence-electron chi connectivity index (χ2n) is 3.37. The maximum atomic E-state index is 12.3. The summed E-state index contributed by atoms with van der Waals surface area (Å²) in [6, 6.07) is 2.84. The fourth-order valence-corrected chi connectivity index (χ4v) is 1.54. The molecule has 94 valence electrons. The Morgan fingerprint density at radius 3 is 2.41 bits per heavy atom. The third kappa shape index (κ3) is 3.61. The van der Waals surface area contributed by atoms with E-state index in [1.54, 1.807) is 0 Å². The van der Waals surface area contributed by atoms with E-state index in [1.807, 2.05) is 0 Å². The number of carboxylic acids is 1. The zero-order valence-corrected chi connectivity index (χ0v) is 9.09. The van der Waals surface area contributed by atoms with Gasteiger partial charge in [0.1, 0.15) is 0 Å². The average Bonchev–Trinajstić information content (AvgIpc) is 2.15. The van der Waals surface area contributed by atoms with Gasteiger partial charge in [0, 0.05) is 6.42 Å². The van der Waals surface area contributed by atoms with Gasteiger partial charge >= 0.3 is 12.1 Å². The Morgan fingerprint density at radius 2 is 2.00 bits per heavy atom. The van der Waals surface area contributed by atoms with Gasteiger partial charge in [-0.15, -0.1) is 0 Å². The zero-order valence-electron chi connectivity index (χ0n) is 8.33. The zero-order chi connectivity index (χ0) is 13.2. The van der Waals surface area contributed by atoms with Gasteiger partial charge in [-0.3, -0.25) is 0 Å². The molecule has 1 rings (SSSR count). The highest BCUT2D eigenvalue weighted by Gasteiger charge is 2.33. The molecular formula is C10H8ClF3O3. The van der Waals surface area contributed by atoms with Crippen LogP contribution in [0.15, 0.2) is 18.2 Å². The standard InChI is InChI=1S/C10H8ClF3O3/c11-7-3-5(4-8(15)9(16)17)1-2-6(7)10(12,13)14/h1-3,8,15H,4H2,(H,16,17). The largest absolute Gasteiger partial charge is 0.479 e. The molecule has 0 fully saturated rings. The fraction of sp³-hybridized carbons (Fsp3) is 0.300. The molecule has 1 atom stereocenters. The number of hydrogen-bond donors (Lipinski definition) is 2. The topological polar surface area (TPSA) is 57.5 Å². The summed E-state index contributed by atoms with van der Waals surface area (Å²) in [5, 5.41) is 16.9. The van der Waals surface area contributed by atoms with Gasteiger partial charge < -0.3 is 10.2 Å². The van der Waals surface area contributed by atoms with E-state index in [0.717, 1.165) is 18.2 Å². The summed E-state index contributed by atoms with van der Waals surface area (Å²) in [6.07, 6.45) is -6.52. The second-order valence-corrected chi connectivity index (χ2v) is 3.78. The molecule has 1 unspecified atom stereocenters. The summed E-state index contributed by atoms with van der Waals surface area (Å²) in [7, 11) is 0. The minimum Gasteiger partial charge on any atom is -0.479 e. The first-order valence-electron chi connectivity index (χ1n) is 4.48. The van der Waals surface area contributed by atoms with Crippen molar-refractivity contribution in [3.05, 3.63) is 34.3 Å². The van der Waals surface area contributed by atoms with Crippen molar-refractivity contribution in [2.24, 2.45) is 0 Å². The van der Waals surface area contributed by atoms with E-state index >= 15 is 0 Å². The number of rotatable bonds is 3. The van der Waals surface area contributed by atoms with Crippen molar-refractivity contribution in [2.75, 3.05) is 0 Å². The first-order valence-corrected chi connectivity index (χ1v) is 4.86. The van der Waals surface area contributed by atoms with E-state index in [-0.39, 0.29) is 12.0 Å². The lowest BCUT2D eigenvalue weighted by molar-refractivity contribution is -0.146. The Morgan fingerprint density at radius 1 is 1.41 bits per heavy atom. The van der Waals surface area contributed by atoms with Gasteiger partial charge in [-0.2, -0.15) is 13.2 Å². The van der Waals surface area contributed by atoms with Crippen molar-refractivity contribution in [2.45, 2.75) is 18.7 Å². The molecule has 0 saturated carbocycles. The van der Waals surface area contributed by atoms with Crippen LogP contribution in [0.5, 0.6) is 0 Å². The molecule has 1 aromatic rings. The fourth-order valence-electron chi connectivity index (χ4n) is 1.23. The molecule has 3 nitrogen and oxygen atoms in total. The Kier molecular flexibility index (Phi) is 4.00. The minimum atomic E-state index is -4.55. The van der Waals surface area contributed by atoms with Crippen LogP contribution in [0, 0.1) is 0 Å². The molecule has 1 aromatic carbocycles. The van der Waals surface area contributed by atoms with Crippen molar-refractivity contribution in [1.29, 1.82) is 0 Å². The highest BCUT2D eigenvalue weighted by Crippen LogP contribution is 2.35. The lowest BCUT2D eigenvalue weighted by Gasteiger charge is -2.11. The predicted molar refractivity (Wildman–Crippen MR) is 53.8 cm³/mol. The number of aliphatic carboxylic acids is 1. The number of alkyl halides is 3. The quantitative estimate of drug-likeness (QED) is 0.885. The van der Waals surface area contributed by atoms with Crippen LogP contribution < -0.4 is 0 Å². The van der Waals surface area contributed by atoms with Gasteiger partial charge in [-0.25, -0.2) is 4.79 Å². The summed E-state index contributed by atoms with van der Waals surface area (Å²) < 4.78 is 37.0. The van der Waals surface area contributed by atoms with Crippen molar-refractivity contribution in [3.8, 4) is 0 Å². The van der Waals surface area contributed by atoms with E-state index in [1.165, 1.54) is 0 Å². The van der Waals surface area contributed by atoms with Crippen LogP contribution in [-0.4, -0.2) is 22.3 Å². The van der Waals surface area contributed by atoms with Crippen molar-refractivity contribution in [3.63, 3.8) is 0 Å². The van der Waals surface area contributed by atoms with Crippen molar-refractivity contribution >= 4 is 17.6 Å². The highest BCUT2D eigenvalue weighted by molar-refractivity contribution is 6.31. The molecule has 0 aliphatic heterocycles. The van der Waals surface area contributed by atoms with Crippen molar-refractivity contribution < 1.29 is 28.2 Å². The molecule has 2 N–H and O–H groups in total. The van der Waals surface area contributed by atoms with Gasteiger partial charge in [0.15, 0.2) is 6.10 Å². The highest BCUT2D eigenvalue weighted by atomic mass is 35.5. The van der Waals surface area contributed by atoms with Crippen LogP contribution >= 0.6 is 11.6 Å². The van der Waals surface area contributed by atoms with Crippen LogP contribution in [0.3, 0.4) is 0 Å². The summed E-state index contributed by atoms with van der Waals surface area (Å²) >= 11 is 5.43. The molecule has 17 heavy (non-hydrogen) atoms. The molecule has 0 aliphatic rings. The van der Waals surface area contributed by atoms with Crippen LogP contribution in [-0.2, 0) is 17.4 Å². The first kappa shape index (κ1) is 13.8. The first-order chi connectivity index (χ1) is 7.71. The van der Waals surface area contributed by atoms with Gasteiger partial charge in [0.05, 0.1) is 10.6 Å². The Hall–Kier alpha value is -1.27. The number of aliphatic hydroxyl groups excluding tert-OH is 1. The smallest absolute Gasteiger partial charge is 0.417 e. The SMILES string of the molecule is O=C(O)C(O)Cc1ccc(C(F)(F)F)c(Cl)c1. The third-order valence-electron chi connectivity index (χ3n) is 2.05. The normalized spacial score (nSPS) is 13.5. The number of benzene rings is 1. The third-order valence-corrected chi connectivity index (χ3v) is 2.37. The molecule has 0 aliphatic carbocycles. The maximum absolute atomic E-state index is 12.3. The Labute approximate surface area is 99.4 Å². The lowest BCUT2D eigenvalue weighted by Crippen LogP contribution is -2.22. The van der Waals surface area contributed by atoms with Crippen LogP contribution in [0.4, 0.5) is 13.2 Å². The van der Waals surface area contributed by atoms with Gasteiger partial charge in [-0.05, 0) is 17.7 Å². The number of carboxylic acid groups (broad SMARTS) is 1. The van der Waals surface area contributed by atoms with Crippen LogP contribution in [0.1, 0.15) is 11.1 Å². The molecule has 0 heterocycles. The van der Waals surface area contributed by atoms with E-state index in [2.05, 4.69) is 0 Å². The van der Waals surface area contributed by atoms with Gasteiger partial charge in [0.25, 0.3) is 0 Å². The summed E-state index contributed by atoms with van der Waals surface area (Å²) in [4.78, 5) is 10.4. The van der Waals surface area contributed by atoms with E-state index < -0.39 is 28.8 Å². The molecule has 0 bridgehead atoms. The summed E-state index contributed by atoms with van der Waals surface area (Å²) in [5.41, 5.74) is -0.773. The van der Waals surface area contributed by atoms with Crippen LogP contribution in [0.2, 0.25) is 5.02 Å². The summed E-state index contributed by atoms with van der Waals surface area (Å²) in [5.74, 6) is -1.44. The number of hydrogen-bond acceptors (Lipinski definition) is 2. The number of carbonyl (C=O) groups is 1. The second kappa shape index (κ2) is 4.93.